The molecule has 1 heterocycles. The van der Waals surface area contributed by atoms with E-state index >= 15 is 0 Å². The smallest absolute Gasteiger partial charge is 0.334 e. The molecule has 0 bridgehead atoms. The maximum Gasteiger partial charge on any atom is 0.416 e. The van der Waals surface area contributed by atoms with Gasteiger partial charge in [0.2, 0.25) is 10.0 Å². The van der Waals surface area contributed by atoms with Crippen molar-refractivity contribution in [1.82, 2.24) is 14.6 Å². The Morgan fingerprint density at radius 2 is 1.64 bits per heavy atom. The van der Waals surface area contributed by atoms with Gasteiger partial charge in [0.1, 0.15) is 0 Å². The lowest BCUT2D eigenvalue weighted by atomic mass is 10.1. The number of hydrogen-bond acceptors (Lipinski definition) is 4. The van der Waals surface area contributed by atoms with Crippen molar-refractivity contribution in [3.8, 4) is 0 Å². The normalized spacial score (nSPS) is 11.9. The summed E-state index contributed by atoms with van der Waals surface area (Å²) in [6, 6.07) is 13.2. The van der Waals surface area contributed by atoms with Crippen molar-refractivity contribution in [2.45, 2.75) is 24.2 Å². The molecule has 0 spiro atoms. The number of carbonyl (C=O) groups excluding carboxylic acids is 1. The minimum absolute atomic E-state index is 0.114. The Bertz CT molecular complexity index is 1200. The van der Waals surface area contributed by atoms with Crippen molar-refractivity contribution in [3.05, 3.63) is 89.7 Å². The number of anilines is 1. The Kier molecular flexibility index (Phi) is 7.34. The standard InChI is InChI=1S/C22H21F3N4O3S/c1-29(15-17-4-2-3-5-20(17)22(23,24)25)33(31,32)19-8-6-18(7-9-19)28-21(30)27-14-16-10-12-26-13-11-16/h2-13H,14-15H2,1H3,(H2,27,28,30). The van der Waals surface area contributed by atoms with E-state index in [1.54, 1.807) is 24.5 Å². The summed E-state index contributed by atoms with van der Waals surface area (Å²) in [5.41, 5.74) is 0.174. The van der Waals surface area contributed by atoms with Crippen LogP contribution in [0.4, 0.5) is 23.7 Å². The molecule has 2 aromatic carbocycles. The average molecular weight is 478 g/mol. The zero-order valence-electron chi connectivity index (χ0n) is 17.5. The number of benzene rings is 2. The van der Waals surface area contributed by atoms with Crippen molar-refractivity contribution < 1.29 is 26.4 Å². The van der Waals surface area contributed by atoms with Crippen LogP contribution in [0.5, 0.6) is 0 Å². The number of pyridine rings is 1. The van der Waals surface area contributed by atoms with Crippen molar-refractivity contribution in [2.24, 2.45) is 0 Å². The summed E-state index contributed by atoms with van der Waals surface area (Å²) in [5.74, 6) is 0. The Morgan fingerprint density at radius 3 is 2.27 bits per heavy atom. The third kappa shape index (κ3) is 6.30. The van der Waals surface area contributed by atoms with Crippen LogP contribution in [0.1, 0.15) is 16.7 Å². The predicted molar refractivity (Wildman–Crippen MR) is 117 cm³/mol. The van der Waals surface area contributed by atoms with E-state index in [9.17, 15) is 26.4 Å². The molecule has 33 heavy (non-hydrogen) atoms. The van der Waals surface area contributed by atoms with Gasteiger partial charge in [0.25, 0.3) is 0 Å². The molecule has 0 aliphatic heterocycles. The molecule has 0 atom stereocenters. The lowest BCUT2D eigenvalue weighted by molar-refractivity contribution is -0.138. The summed E-state index contributed by atoms with van der Waals surface area (Å²) >= 11 is 0. The number of sulfonamides is 1. The molecule has 0 radical (unpaired) electrons. The molecule has 2 amide bonds. The molecule has 7 nitrogen and oxygen atoms in total. The maximum atomic E-state index is 13.2. The van der Waals surface area contributed by atoms with E-state index in [1.165, 1.54) is 49.5 Å². The van der Waals surface area contributed by atoms with Crippen LogP contribution in [0, 0.1) is 0 Å². The fourth-order valence-corrected chi connectivity index (χ4v) is 4.16. The van der Waals surface area contributed by atoms with E-state index < -0.39 is 34.3 Å². The second kappa shape index (κ2) is 10.0. The monoisotopic (exact) mass is 478 g/mol. The van der Waals surface area contributed by atoms with E-state index in [2.05, 4.69) is 15.6 Å². The molecule has 0 aliphatic rings. The van der Waals surface area contributed by atoms with Crippen LogP contribution in [0.25, 0.3) is 0 Å². The summed E-state index contributed by atoms with van der Waals surface area (Å²) < 4.78 is 66.1. The average Bonchev–Trinajstić information content (AvgIpc) is 2.78. The number of aromatic nitrogens is 1. The van der Waals surface area contributed by atoms with Gasteiger partial charge in [-0.15, -0.1) is 0 Å². The van der Waals surface area contributed by atoms with Gasteiger partial charge in [0, 0.05) is 38.2 Å². The van der Waals surface area contributed by atoms with Gasteiger partial charge in [0.05, 0.1) is 10.5 Å². The quantitative estimate of drug-likeness (QED) is 0.531. The molecule has 0 saturated carbocycles. The molecule has 0 saturated heterocycles. The fourth-order valence-electron chi connectivity index (χ4n) is 3.01. The van der Waals surface area contributed by atoms with Crippen molar-refractivity contribution in [1.29, 1.82) is 0 Å². The van der Waals surface area contributed by atoms with Gasteiger partial charge in [-0.2, -0.15) is 17.5 Å². The third-order valence-electron chi connectivity index (χ3n) is 4.74. The van der Waals surface area contributed by atoms with Gasteiger partial charge < -0.3 is 10.6 Å². The van der Waals surface area contributed by atoms with Crippen LogP contribution in [-0.2, 0) is 29.3 Å². The van der Waals surface area contributed by atoms with Crippen LogP contribution < -0.4 is 10.6 Å². The number of carbonyl (C=O) groups is 1. The first-order valence-electron chi connectivity index (χ1n) is 9.72. The summed E-state index contributed by atoms with van der Waals surface area (Å²) in [5, 5.41) is 5.24. The van der Waals surface area contributed by atoms with Crippen molar-refractivity contribution in [2.75, 3.05) is 12.4 Å². The van der Waals surface area contributed by atoms with E-state index in [4.69, 9.17) is 0 Å². The molecular weight excluding hydrogens is 457 g/mol. The highest BCUT2D eigenvalue weighted by Gasteiger charge is 2.34. The van der Waals surface area contributed by atoms with Gasteiger partial charge in [-0.05, 0) is 53.6 Å². The van der Waals surface area contributed by atoms with Crippen LogP contribution in [0.15, 0.2) is 78.0 Å². The van der Waals surface area contributed by atoms with E-state index in [0.717, 1.165) is 15.9 Å². The molecular formula is C22H21F3N4O3S. The van der Waals surface area contributed by atoms with Gasteiger partial charge in [-0.3, -0.25) is 4.98 Å². The molecule has 1 aromatic heterocycles. The molecule has 0 aliphatic carbocycles. The van der Waals surface area contributed by atoms with E-state index in [-0.39, 0.29) is 17.0 Å². The predicted octanol–water partition coefficient (Wildman–Crippen LogP) is 4.24. The highest BCUT2D eigenvalue weighted by atomic mass is 32.2. The van der Waals surface area contributed by atoms with E-state index in [0.29, 0.717) is 5.69 Å². The lowest BCUT2D eigenvalue weighted by Crippen LogP contribution is -2.28. The fraction of sp³-hybridized carbons (Fsp3) is 0.182. The molecule has 3 rings (SSSR count). The number of nitrogens with zero attached hydrogens (tertiary/aromatic N) is 2. The Labute approximate surface area is 189 Å². The molecule has 0 unspecified atom stereocenters. The van der Waals surface area contributed by atoms with Gasteiger partial charge >= 0.3 is 12.2 Å². The first-order valence-corrected chi connectivity index (χ1v) is 11.2. The summed E-state index contributed by atoms with van der Waals surface area (Å²) in [6.45, 7) is -0.166. The second-order valence-corrected chi connectivity index (χ2v) is 9.15. The van der Waals surface area contributed by atoms with Crippen LogP contribution in [-0.4, -0.2) is 30.8 Å². The van der Waals surface area contributed by atoms with Crippen LogP contribution in [0.3, 0.4) is 0 Å². The van der Waals surface area contributed by atoms with Crippen LogP contribution >= 0.6 is 0 Å². The highest BCUT2D eigenvalue weighted by molar-refractivity contribution is 7.89. The second-order valence-electron chi connectivity index (χ2n) is 7.10. The zero-order valence-corrected chi connectivity index (χ0v) is 18.3. The number of rotatable bonds is 7. The minimum atomic E-state index is -4.59. The number of amides is 2. The summed E-state index contributed by atoms with van der Waals surface area (Å²) in [7, 11) is -2.85. The molecule has 0 fully saturated rings. The molecule has 11 heteroatoms. The van der Waals surface area contributed by atoms with Crippen molar-refractivity contribution in [3.63, 3.8) is 0 Å². The molecule has 3 aromatic rings. The molecule has 174 valence electrons. The Morgan fingerprint density at radius 1 is 1.00 bits per heavy atom. The number of nitrogens with one attached hydrogen (secondary N) is 2. The first kappa shape index (κ1) is 24.2. The summed E-state index contributed by atoms with van der Waals surface area (Å²) in [6.07, 6.45) is -1.38. The number of alkyl halides is 3. The third-order valence-corrected chi connectivity index (χ3v) is 6.56. The van der Waals surface area contributed by atoms with Gasteiger partial charge in [0.15, 0.2) is 0 Å². The topological polar surface area (TPSA) is 91.4 Å². The largest absolute Gasteiger partial charge is 0.416 e. The zero-order chi connectivity index (χ0) is 24.1. The number of urea groups is 1. The lowest BCUT2D eigenvalue weighted by Gasteiger charge is -2.20. The van der Waals surface area contributed by atoms with Gasteiger partial charge in [-0.25, -0.2) is 13.2 Å². The number of halogens is 3. The maximum absolute atomic E-state index is 13.2. The highest BCUT2D eigenvalue weighted by Crippen LogP contribution is 2.33. The Hall–Kier alpha value is -3.44. The van der Waals surface area contributed by atoms with Crippen molar-refractivity contribution >= 4 is 21.7 Å². The molecule has 2 N–H and O–H groups in total. The van der Waals surface area contributed by atoms with E-state index in [1.807, 2.05) is 0 Å². The minimum Gasteiger partial charge on any atom is -0.334 e. The van der Waals surface area contributed by atoms with Crippen LogP contribution in [0.2, 0.25) is 0 Å². The number of hydrogen-bond donors (Lipinski definition) is 2. The van der Waals surface area contributed by atoms with Gasteiger partial charge in [-0.1, -0.05) is 18.2 Å². The Balaban J connectivity index is 1.65. The SMILES string of the molecule is CN(Cc1ccccc1C(F)(F)F)S(=O)(=O)c1ccc(NC(=O)NCc2ccncc2)cc1. The first-order chi connectivity index (χ1) is 15.6. The summed E-state index contributed by atoms with van der Waals surface area (Å²) in [4.78, 5) is 15.8.